The molecule has 0 heterocycles. The SMILES string of the molecule is [N-]=[N+]=NCCCNC(=O)c1c(F)cccc1F. The van der Waals surface area contributed by atoms with E-state index in [0.29, 0.717) is 6.42 Å². The molecule has 5 nitrogen and oxygen atoms in total. The average Bonchev–Trinajstić information content (AvgIpc) is 2.28. The fraction of sp³-hybridized carbons (Fsp3) is 0.300. The maximum absolute atomic E-state index is 13.2. The third-order valence-corrected chi connectivity index (χ3v) is 1.97. The summed E-state index contributed by atoms with van der Waals surface area (Å²) in [6.07, 6.45) is 0.409. The lowest BCUT2D eigenvalue weighted by molar-refractivity contribution is 0.0945. The highest BCUT2D eigenvalue weighted by Crippen LogP contribution is 2.11. The Balaban J connectivity index is 2.55. The third kappa shape index (κ3) is 3.73. The van der Waals surface area contributed by atoms with E-state index in [1.807, 2.05) is 0 Å². The molecule has 1 aromatic carbocycles. The first kappa shape index (κ1) is 12.9. The summed E-state index contributed by atoms with van der Waals surface area (Å²) in [5.41, 5.74) is 7.40. The highest BCUT2D eigenvalue weighted by molar-refractivity contribution is 5.94. The minimum Gasteiger partial charge on any atom is -0.352 e. The normalized spacial score (nSPS) is 9.53. The Morgan fingerprint density at radius 3 is 2.65 bits per heavy atom. The molecule has 0 spiro atoms. The first-order valence-electron chi connectivity index (χ1n) is 4.90. The van der Waals surface area contributed by atoms with Crippen LogP contribution >= 0.6 is 0 Å². The van der Waals surface area contributed by atoms with E-state index in [4.69, 9.17) is 5.53 Å². The molecule has 0 saturated carbocycles. The molecule has 0 unspecified atom stereocenters. The van der Waals surface area contributed by atoms with Crippen LogP contribution in [0.3, 0.4) is 0 Å². The lowest BCUT2D eigenvalue weighted by atomic mass is 10.2. The van der Waals surface area contributed by atoms with Gasteiger partial charge in [0.15, 0.2) is 0 Å². The topological polar surface area (TPSA) is 77.9 Å². The van der Waals surface area contributed by atoms with E-state index < -0.39 is 23.1 Å². The second kappa shape index (κ2) is 6.44. The van der Waals surface area contributed by atoms with Gasteiger partial charge in [0.2, 0.25) is 0 Å². The van der Waals surface area contributed by atoms with Crippen LogP contribution in [0.1, 0.15) is 16.8 Å². The molecular formula is C10H10F2N4O. The van der Waals surface area contributed by atoms with Crippen molar-refractivity contribution < 1.29 is 13.6 Å². The third-order valence-electron chi connectivity index (χ3n) is 1.97. The number of carbonyl (C=O) groups is 1. The molecule has 1 N–H and O–H groups in total. The number of azide groups is 1. The number of nitrogens with zero attached hydrogens (tertiary/aromatic N) is 3. The molecule has 17 heavy (non-hydrogen) atoms. The zero-order valence-corrected chi connectivity index (χ0v) is 8.86. The highest BCUT2D eigenvalue weighted by atomic mass is 19.1. The Morgan fingerprint density at radius 2 is 2.06 bits per heavy atom. The summed E-state index contributed by atoms with van der Waals surface area (Å²) in [5, 5.41) is 5.59. The number of amides is 1. The Bertz CT molecular complexity index is 437. The fourth-order valence-corrected chi connectivity index (χ4v) is 1.20. The summed E-state index contributed by atoms with van der Waals surface area (Å²) in [6, 6.07) is 3.21. The van der Waals surface area contributed by atoms with Crippen LogP contribution < -0.4 is 5.32 Å². The van der Waals surface area contributed by atoms with Crippen LogP contribution in [0.4, 0.5) is 8.78 Å². The highest BCUT2D eigenvalue weighted by Gasteiger charge is 2.15. The molecule has 0 aliphatic heterocycles. The van der Waals surface area contributed by atoms with Gasteiger partial charge in [0.05, 0.1) is 0 Å². The lowest BCUT2D eigenvalue weighted by Gasteiger charge is -2.05. The predicted molar refractivity (Wildman–Crippen MR) is 57.3 cm³/mol. The Hall–Kier alpha value is -2.14. The van der Waals surface area contributed by atoms with Crippen molar-refractivity contribution >= 4 is 5.91 Å². The second-order valence-electron chi connectivity index (χ2n) is 3.16. The Labute approximate surface area is 96.1 Å². The maximum atomic E-state index is 13.2. The van der Waals surface area contributed by atoms with Crippen LogP contribution in [0, 0.1) is 11.6 Å². The predicted octanol–water partition coefficient (Wildman–Crippen LogP) is 2.40. The van der Waals surface area contributed by atoms with E-state index in [0.717, 1.165) is 12.1 Å². The van der Waals surface area contributed by atoms with Gasteiger partial charge in [-0.25, -0.2) is 8.78 Å². The fourth-order valence-electron chi connectivity index (χ4n) is 1.20. The summed E-state index contributed by atoms with van der Waals surface area (Å²) in [4.78, 5) is 14.0. The van der Waals surface area contributed by atoms with Crippen molar-refractivity contribution in [2.45, 2.75) is 6.42 Å². The maximum Gasteiger partial charge on any atom is 0.257 e. The molecule has 0 fully saturated rings. The van der Waals surface area contributed by atoms with Crippen LogP contribution in [0.25, 0.3) is 10.4 Å². The molecule has 90 valence electrons. The van der Waals surface area contributed by atoms with Crippen LogP contribution in [0.5, 0.6) is 0 Å². The zero-order valence-electron chi connectivity index (χ0n) is 8.86. The van der Waals surface area contributed by atoms with Crippen LogP contribution in [-0.2, 0) is 0 Å². The number of carbonyl (C=O) groups excluding carboxylic acids is 1. The number of hydrogen-bond acceptors (Lipinski definition) is 2. The van der Waals surface area contributed by atoms with Crippen molar-refractivity contribution in [3.63, 3.8) is 0 Å². The first-order valence-corrected chi connectivity index (χ1v) is 4.90. The minimum atomic E-state index is -0.905. The molecule has 1 aromatic rings. The van der Waals surface area contributed by atoms with E-state index in [1.54, 1.807) is 0 Å². The van der Waals surface area contributed by atoms with Crippen molar-refractivity contribution in [1.29, 1.82) is 0 Å². The first-order chi connectivity index (χ1) is 8.16. The molecule has 0 bridgehead atoms. The van der Waals surface area contributed by atoms with Crippen molar-refractivity contribution in [2.75, 3.05) is 13.1 Å². The molecule has 1 amide bonds. The van der Waals surface area contributed by atoms with Gasteiger partial charge in [0.25, 0.3) is 5.91 Å². The largest absolute Gasteiger partial charge is 0.352 e. The summed E-state index contributed by atoms with van der Waals surface area (Å²) in [6.45, 7) is 0.405. The number of nitrogens with one attached hydrogen (secondary N) is 1. The van der Waals surface area contributed by atoms with Gasteiger partial charge >= 0.3 is 0 Å². The summed E-state index contributed by atoms with van der Waals surface area (Å²) in [7, 11) is 0. The number of rotatable bonds is 5. The van der Waals surface area contributed by atoms with Crippen LogP contribution in [0.15, 0.2) is 23.3 Å². The average molecular weight is 240 g/mol. The van der Waals surface area contributed by atoms with Gasteiger partial charge in [-0.05, 0) is 24.1 Å². The van der Waals surface area contributed by atoms with Gasteiger partial charge < -0.3 is 5.32 Å². The second-order valence-corrected chi connectivity index (χ2v) is 3.16. The van der Waals surface area contributed by atoms with Crippen LogP contribution in [0.2, 0.25) is 0 Å². The van der Waals surface area contributed by atoms with Crippen molar-refractivity contribution in [2.24, 2.45) is 5.11 Å². The number of halogens is 2. The summed E-state index contributed by atoms with van der Waals surface area (Å²) >= 11 is 0. The van der Waals surface area contributed by atoms with E-state index >= 15 is 0 Å². The monoisotopic (exact) mass is 240 g/mol. The van der Waals surface area contributed by atoms with E-state index in [2.05, 4.69) is 15.3 Å². The lowest BCUT2D eigenvalue weighted by Crippen LogP contribution is -2.26. The standard InChI is InChI=1S/C10H10F2N4O/c11-7-3-1-4-8(12)9(7)10(17)14-5-2-6-15-16-13/h1,3-4H,2,5-6H2,(H,14,17). The molecule has 7 heteroatoms. The van der Waals surface area contributed by atoms with Crippen molar-refractivity contribution in [3.05, 3.63) is 45.8 Å². The molecule has 0 saturated heterocycles. The van der Waals surface area contributed by atoms with Crippen molar-refractivity contribution in [3.8, 4) is 0 Å². The van der Waals surface area contributed by atoms with Gasteiger partial charge in [0, 0.05) is 18.0 Å². The van der Waals surface area contributed by atoms with E-state index in [9.17, 15) is 13.6 Å². The molecule has 0 aromatic heterocycles. The summed E-state index contributed by atoms with van der Waals surface area (Å²) < 4.78 is 26.3. The minimum absolute atomic E-state index is 0.186. The molecule has 0 aliphatic carbocycles. The van der Waals surface area contributed by atoms with Gasteiger partial charge in [-0.1, -0.05) is 11.2 Å². The van der Waals surface area contributed by atoms with Gasteiger partial charge in [-0.3, -0.25) is 4.79 Å². The quantitative estimate of drug-likeness (QED) is 0.364. The van der Waals surface area contributed by atoms with Gasteiger partial charge in [-0.2, -0.15) is 0 Å². The van der Waals surface area contributed by atoms with Gasteiger partial charge in [0.1, 0.15) is 17.2 Å². The molecule has 0 radical (unpaired) electrons. The van der Waals surface area contributed by atoms with Crippen molar-refractivity contribution in [1.82, 2.24) is 5.32 Å². The zero-order chi connectivity index (χ0) is 12.7. The summed E-state index contributed by atoms with van der Waals surface area (Å²) in [5.74, 6) is -2.63. The number of hydrogen-bond donors (Lipinski definition) is 1. The molecular weight excluding hydrogens is 230 g/mol. The van der Waals surface area contributed by atoms with Crippen LogP contribution in [-0.4, -0.2) is 19.0 Å². The Kier molecular flexibility index (Phi) is 4.90. The Morgan fingerprint density at radius 1 is 1.41 bits per heavy atom. The molecule has 1 rings (SSSR count). The van der Waals surface area contributed by atoms with E-state index in [-0.39, 0.29) is 13.1 Å². The van der Waals surface area contributed by atoms with Gasteiger partial charge in [-0.15, -0.1) is 0 Å². The van der Waals surface area contributed by atoms with E-state index in [1.165, 1.54) is 6.07 Å². The smallest absolute Gasteiger partial charge is 0.257 e. The molecule has 0 atom stereocenters. The molecule has 0 aliphatic rings. The number of benzene rings is 1.